The third kappa shape index (κ3) is 2.89. The molecule has 0 unspecified atom stereocenters. The molecule has 56 valence electrons. The van der Waals surface area contributed by atoms with E-state index in [0.717, 1.165) is 12.6 Å². The fourth-order valence-electron chi connectivity index (χ4n) is 0.501. The molecular formula is C5H13Cl2NSi. The van der Waals surface area contributed by atoms with E-state index in [0.29, 0.717) is 0 Å². The first kappa shape index (κ1) is 9.76. The van der Waals surface area contributed by atoms with Crippen molar-refractivity contribution in [1.82, 2.24) is 4.57 Å². The lowest BCUT2D eigenvalue weighted by Gasteiger charge is -2.25. The quantitative estimate of drug-likeness (QED) is 0.483. The lowest BCUT2D eigenvalue weighted by atomic mass is 10.8. The van der Waals surface area contributed by atoms with Crippen molar-refractivity contribution in [2.24, 2.45) is 0 Å². The topological polar surface area (TPSA) is 3.24 Å². The average Bonchev–Trinajstić information content (AvgIpc) is 1.86. The van der Waals surface area contributed by atoms with Crippen LogP contribution in [0, 0.1) is 0 Å². The molecule has 0 spiro atoms. The van der Waals surface area contributed by atoms with Crippen molar-refractivity contribution in [3.05, 3.63) is 0 Å². The molecule has 4 heteroatoms. The van der Waals surface area contributed by atoms with E-state index in [9.17, 15) is 0 Å². The molecule has 0 N–H and O–H groups in total. The molecule has 0 aliphatic carbocycles. The number of hydrogen-bond acceptors (Lipinski definition) is 1. The SMILES string of the molecule is CCN(C)[Si](Cl)(Cl)CC. The van der Waals surface area contributed by atoms with Crippen molar-refractivity contribution in [3.63, 3.8) is 0 Å². The zero-order valence-electron chi connectivity index (χ0n) is 6.12. The number of rotatable bonds is 3. The van der Waals surface area contributed by atoms with Gasteiger partial charge < -0.3 is 4.57 Å². The molecule has 0 heterocycles. The number of nitrogens with zero attached hydrogens (tertiary/aromatic N) is 1. The molecule has 0 radical (unpaired) electrons. The Morgan fingerprint density at radius 3 is 1.89 bits per heavy atom. The molecule has 0 aliphatic rings. The van der Waals surface area contributed by atoms with Gasteiger partial charge in [-0.3, -0.25) is 0 Å². The second kappa shape index (κ2) is 3.81. The molecule has 0 amide bonds. The maximum absolute atomic E-state index is 6.00. The summed E-state index contributed by atoms with van der Waals surface area (Å²) in [6.45, 7) is 3.02. The Bertz CT molecular complexity index is 87.0. The van der Waals surface area contributed by atoms with Crippen LogP contribution in [0.2, 0.25) is 6.04 Å². The first-order chi connectivity index (χ1) is 4.04. The van der Waals surface area contributed by atoms with Crippen LogP contribution >= 0.6 is 22.2 Å². The minimum Gasteiger partial charge on any atom is -0.303 e. The first-order valence-corrected chi connectivity index (χ1v) is 7.31. The molecule has 9 heavy (non-hydrogen) atoms. The van der Waals surface area contributed by atoms with E-state index in [2.05, 4.69) is 6.92 Å². The molecule has 0 bridgehead atoms. The largest absolute Gasteiger partial charge is 0.324 e. The summed E-state index contributed by atoms with van der Waals surface area (Å²) < 4.78 is 2.04. The van der Waals surface area contributed by atoms with E-state index in [1.807, 2.05) is 18.5 Å². The van der Waals surface area contributed by atoms with Gasteiger partial charge in [0, 0.05) is 0 Å². The van der Waals surface area contributed by atoms with E-state index >= 15 is 0 Å². The van der Waals surface area contributed by atoms with Gasteiger partial charge in [-0.15, -0.1) is 22.2 Å². The van der Waals surface area contributed by atoms with Crippen LogP contribution < -0.4 is 0 Å². The lowest BCUT2D eigenvalue weighted by Crippen LogP contribution is -2.40. The van der Waals surface area contributed by atoms with Crippen LogP contribution in [0.25, 0.3) is 0 Å². The van der Waals surface area contributed by atoms with Crippen LogP contribution in [0.4, 0.5) is 0 Å². The number of hydrogen-bond donors (Lipinski definition) is 0. The summed E-state index contributed by atoms with van der Waals surface area (Å²) in [5, 5.41) is 0. The van der Waals surface area contributed by atoms with Crippen molar-refractivity contribution in [2.75, 3.05) is 13.6 Å². The Morgan fingerprint density at radius 2 is 1.78 bits per heavy atom. The fraction of sp³-hybridized carbons (Fsp3) is 1.00. The molecule has 0 atom stereocenters. The Hall–Kier alpha value is 0.757. The molecule has 0 rings (SSSR count). The van der Waals surface area contributed by atoms with Gasteiger partial charge in [0.25, 0.3) is 0 Å². The predicted octanol–water partition coefficient (Wildman–Crippen LogP) is 2.37. The van der Waals surface area contributed by atoms with Gasteiger partial charge in [0.05, 0.1) is 0 Å². The van der Waals surface area contributed by atoms with E-state index in [1.54, 1.807) is 0 Å². The summed E-state index contributed by atoms with van der Waals surface area (Å²) in [7, 11) is 1.97. The highest BCUT2D eigenvalue weighted by Crippen LogP contribution is 2.22. The summed E-state index contributed by atoms with van der Waals surface area (Å²) in [6.07, 6.45) is 0. The zero-order chi connectivity index (χ0) is 7.49. The Balaban J connectivity index is 3.80. The van der Waals surface area contributed by atoms with Crippen molar-refractivity contribution in [2.45, 2.75) is 19.9 Å². The van der Waals surface area contributed by atoms with Gasteiger partial charge in [-0.1, -0.05) is 13.8 Å². The van der Waals surface area contributed by atoms with E-state index in [1.165, 1.54) is 0 Å². The lowest BCUT2D eigenvalue weighted by molar-refractivity contribution is 0.554. The molecule has 0 aromatic rings. The van der Waals surface area contributed by atoms with Crippen LogP contribution in [0.15, 0.2) is 0 Å². The van der Waals surface area contributed by atoms with Gasteiger partial charge >= 0.3 is 6.86 Å². The van der Waals surface area contributed by atoms with Crippen molar-refractivity contribution in [3.8, 4) is 0 Å². The highest BCUT2D eigenvalue weighted by molar-refractivity contribution is 7.43. The minimum absolute atomic E-state index is 0.889. The maximum atomic E-state index is 6.00. The van der Waals surface area contributed by atoms with E-state index in [4.69, 9.17) is 22.2 Å². The van der Waals surface area contributed by atoms with Crippen LogP contribution in [0.1, 0.15) is 13.8 Å². The second-order valence-electron chi connectivity index (χ2n) is 2.03. The fourth-order valence-corrected chi connectivity index (χ4v) is 2.22. The van der Waals surface area contributed by atoms with Crippen molar-refractivity contribution in [1.29, 1.82) is 0 Å². The predicted molar refractivity (Wildman–Crippen MR) is 46.2 cm³/mol. The molecule has 0 saturated carbocycles. The second-order valence-corrected chi connectivity index (χ2v) is 9.17. The standard InChI is InChI=1S/C5H13Cl2NSi/c1-4-8(3)9(6,7)5-2/h4-5H2,1-3H3. The summed E-state index contributed by atoms with van der Waals surface area (Å²) in [4.78, 5) is 0. The Kier molecular flexibility index (Phi) is 4.13. The van der Waals surface area contributed by atoms with Gasteiger partial charge in [0.2, 0.25) is 0 Å². The Labute approximate surface area is 67.4 Å². The van der Waals surface area contributed by atoms with Crippen LogP contribution in [-0.2, 0) is 0 Å². The van der Waals surface area contributed by atoms with Crippen molar-refractivity contribution >= 4 is 29.0 Å². The minimum atomic E-state index is -2.00. The maximum Gasteiger partial charge on any atom is 0.324 e. The molecule has 0 saturated heterocycles. The van der Waals surface area contributed by atoms with Gasteiger partial charge in [-0.25, -0.2) is 0 Å². The van der Waals surface area contributed by atoms with Gasteiger partial charge in [-0.2, -0.15) is 0 Å². The molecule has 0 aromatic heterocycles. The van der Waals surface area contributed by atoms with Gasteiger partial charge in [-0.05, 0) is 19.6 Å². The molecule has 1 nitrogen and oxygen atoms in total. The van der Waals surface area contributed by atoms with Crippen LogP contribution in [0.3, 0.4) is 0 Å². The van der Waals surface area contributed by atoms with Gasteiger partial charge in [0.15, 0.2) is 0 Å². The summed E-state index contributed by atoms with van der Waals surface area (Å²) in [6, 6.07) is 0.889. The van der Waals surface area contributed by atoms with Gasteiger partial charge in [0.1, 0.15) is 0 Å². The third-order valence-corrected chi connectivity index (χ3v) is 7.08. The zero-order valence-corrected chi connectivity index (χ0v) is 8.63. The third-order valence-electron chi connectivity index (χ3n) is 1.46. The first-order valence-electron chi connectivity index (χ1n) is 3.13. The van der Waals surface area contributed by atoms with Crippen LogP contribution in [-0.4, -0.2) is 25.0 Å². The van der Waals surface area contributed by atoms with Crippen LogP contribution in [0.5, 0.6) is 0 Å². The molecular weight excluding hydrogens is 173 g/mol. The normalized spacial score (nSPS) is 12.7. The highest BCUT2D eigenvalue weighted by Gasteiger charge is 2.30. The number of halogens is 2. The monoisotopic (exact) mass is 185 g/mol. The summed E-state index contributed by atoms with van der Waals surface area (Å²) in [5.41, 5.74) is 0. The van der Waals surface area contributed by atoms with E-state index < -0.39 is 6.86 Å². The summed E-state index contributed by atoms with van der Waals surface area (Å²) >= 11 is 12.0. The molecule has 0 fully saturated rings. The van der Waals surface area contributed by atoms with E-state index in [-0.39, 0.29) is 0 Å². The summed E-state index contributed by atoms with van der Waals surface area (Å²) in [5.74, 6) is 0. The average molecular weight is 186 g/mol. The molecule has 0 aromatic carbocycles. The smallest absolute Gasteiger partial charge is 0.303 e. The van der Waals surface area contributed by atoms with Crippen molar-refractivity contribution < 1.29 is 0 Å². The molecule has 0 aliphatic heterocycles. The Morgan fingerprint density at radius 1 is 1.33 bits per heavy atom. The highest BCUT2D eigenvalue weighted by atomic mass is 35.7.